The van der Waals surface area contributed by atoms with Gasteiger partial charge in [-0.1, -0.05) is 6.42 Å². The van der Waals surface area contributed by atoms with Gasteiger partial charge in [-0.15, -0.1) is 0 Å². The van der Waals surface area contributed by atoms with Crippen LogP contribution in [0.2, 0.25) is 0 Å². The van der Waals surface area contributed by atoms with Crippen LogP contribution in [0.3, 0.4) is 0 Å². The van der Waals surface area contributed by atoms with E-state index in [0.717, 1.165) is 49.7 Å². The Hall–Kier alpha value is -1.12. The molecule has 0 aromatic rings. The van der Waals surface area contributed by atoms with Crippen molar-refractivity contribution in [2.24, 2.45) is 0 Å². The van der Waals surface area contributed by atoms with Crippen molar-refractivity contribution < 1.29 is 9.59 Å². The van der Waals surface area contributed by atoms with Gasteiger partial charge in [0.1, 0.15) is 6.29 Å². The zero-order valence-corrected chi connectivity index (χ0v) is 7.93. The average Bonchev–Trinajstić information content (AvgIpc) is 2.28. The van der Waals surface area contributed by atoms with Crippen LogP contribution in [0.4, 0.5) is 0 Å². The van der Waals surface area contributed by atoms with Crippen LogP contribution in [0.15, 0.2) is 11.3 Å². The molecule has 0 aliphatic heterocycles. The van der Waals surface area contributed by atoms with Crippen molar-refractivity contribution in [1.29, 1.82) is 0 Å². The summed E-state index contributed by atoms with van der Waals surface area (Å²) in [6.45, 7) is 1.47. The minimum Gasteiger partial charge on any atom is -0.330 e. The molecule has 0 radical (unpaired) electrons. The molecule has 3 heteroatoms. The number of carbonyl (C=O) groups is 2. The molecule has 0 unspecified atom stereocenters. The number of amides is 1. The SMILES string of the molecule is CC(=O)NC1=C(C=O)CCCCC1. The van der Waals surface area contributed by atoms with Gasteiger partial charge in [0.25, 0.3) is 0 Å². The zero-order valence-electron chi connectivity index (χ0n) is 7.93. The molecule has 1 amide bonds. The molecule has 3 nitrogen and oxygen atoms in total. The third kappa shape index (κ3) is 3.01. The molecule has 0 heterocycles. The van der Waals surface area contributed by atoms with Crippen LogP contribution in [0.5, 0.6) is 0 Å². The highest BCUT2D eigenvalue weighted by Crippen LogP contribution is 2.20. The summed E-state index contributed by atoms with van der Waals surface area (Å²) in [6, 6.07) is 0. The summed E-state index contributed by atoms with van der Waals surface area (Å²) in [7, 11) is 0. The first kappa shape index (κ1) is 9.96. The van der Waals surface area contributed by atoms with Crippen molar-refractivity contribution in [3.8, 4) is 0 Å². The summed E-state index contributed by atoms with van der Waals surface area (Å²) in [5, 5.41) is 2.73. The van der Waals surface area contributed by atoms with Crippen molar-refractivity contribution >= 4 is 12.2 Å². The van der Waals surface area contributed by atoms with E-state index in [1.54, 1.807) is 0 Å². The van der Waals surface area contributed by atoms with Crippen LogP contribution in [-0.2, 0) is 9.59 Å². The Morgan fingerprint density at radius 1 is 1.31 bits per heavy atom. The zero-order chi connectivity index (χ0) is 9.68. The van der Waals surface area contributed by atoms with Crippen molar-refractivity contribution in [3.05, 3.63) is 11.3 Å². The maximum Gasteiger partial charge on any atom is 0.221 e. The lowest BCUT2D eigenvalue weighted by atomic mass is 10.1. The summed E-state index contributed by atoms with van der Waals surface area (Å²) in [5.74, 6) is -0.0868. The Kier molecular flexibility index (Phi) is 3.68. The Bertz CT molecular complexity index is 243. The summed E-state index contributed by atoms with van der Waals surface area (Å²) >= 11 is 0. The van der Waals surface area contributed by atoms with E-state index in [1.165, 1.54) is 6.92 Å². The van der Waals surface area contributed by atoms with E-state index >= 15 is 0 Å². The van der Waals surface area contributed by atoms with Gasteiger partial charge in [-0.3, -0.25) is 9.59 Å². The van der Waals surface area contributed by atoms with E-state index < -0.39 is 0 Å². The topological polar surface area (TPSA) is 46.2 Å². The lowest BCUT2D eigenvalue weighted by Gasteiger charge is -2.07. The van der Waals surface area contributed by atoms with Gasteiger partial charge in [0.15, 0.2) is 0 Å². The standard InChI is InChI=1S/C10H15NO2/c1-8(13)11-10-6-4-2-3-5-9(10)7-12/h7H,2-6H2,1H3,(H,11,13). The van der Waals surface area contributed by atoms with Gasteiger partial charge < -0.3 is 5.32 Å². The second-order valence-electron chi connectivity index (χ2n) is 3.36. The molecule has 0 aromatic carbocycles. The van der Waals surface area contributed by atoms with E-state index in [9.17, 15) is 9.59 Å². The van der Waals surface area contributed by atoms with E-state index in [1.807, 2.05) is 0 Å². The fourth-order valence-corrected chi connectivity index (χ4v) is 1.59. The minimum absolute atomic E-state index is 0.0868. The molecule has 72 valence electrons. The van der Waals surface area contributed by atoms with E-state index in [4.69, 9.17) is 0 Å². The third-order valence-electron chi connectivity index (χ3n) is 2.23. The largest absolute Gasteiger partial charge is 0.330 e. The van der Waals surface area contributed by atoms with Crippen molar-refractivity contribution in [3.63, 3.8) is 0 Å². The highest BCUT2D eigenvalue weighted by molar-refractivity contribution is 5.79. The first-order valence-electron chi connectivity index (χ1n) is 4.69. The number of rotatable bonds is 2. The van der Waals surface area contributed by atoms with Crippen molar-refractivity contribution in [2.75, 3.05) is 0 Å². The van der Waals surface area contributed by atoms with E-state index in [0.29, 0.717) is 0 Å². The predicted octanol–water partition coefficient (Wildman–Crippen LogP) is 1.54. The number of hydrogen-bond acceptors (Lipinski definition) is 2. The van der Waals surface area contributed by atoms with Gasteiger partial charge in [-0.05, 0) is 25.7 Å². The van der Waals surface area contributed by atoms with Crippen LogP contribution in [0.25, 0.3) is 0 Å². The summed E-state index contributed by atoms with van der Waals surface area (Å²) in [5.41, 5.74) is 1.60. The van der Waals surface area contributed by atoms with E-state index in [2.05, 4.69) is 5.32 Å². The molecular weight excluding hydrogens is 166 g/mol. The average molecular weight is 181 g/mol. The number of carbonyl (C=O) groups excluding carboxylic acids is 2. The molecule has 0 saturated heterocycles. The van der Waals surface area contributed by atoms with Crippen molar-refractivity contribution in [1.82, 2.24) is 5.32 Å². The van der Waals surface area contributed by atoms with Gasteiger partial charge in [0.2, 0.25) is 5.91 Å². The molecule has 0 atom stereocenters. The van der Waals surface area contributed by atoms with Crippen LogP contribution < -0.4 is 5.32 Å². The molecule has 13 heavy (non-hydrogen) atoms. The maximum atomic E-state index is 10.8. The molecule has 0 aromatic heterocycles. The quantitative estimate of drug-likeness (QED) is 0.657. The van der Waals surface area contributed by atoms with Gasteiger partial charge in [-0.25, -0.2) is 0 Å². The third-order valence-corrected chi connectivity index (χ3v) is 2.23. The number of aldehydes is 1. The summed E-state index contributed by atoms with van der Waals surface area (Å²) in [4.78, 5) is 21.5. The molecular formula is C10H15NO2. The molecule has 0 spiro atoms. The maximum absolute atomic E-state index is 10.8. The number of hydrogen-bond donors (Lipinski definition) is 1. The monoisotopic (exact) mass is 181 g/mol. The number of nitrogens with one attached hydrogen (secondary N) is 1. The minimum atomic E-state index is -0.0868. The number of allylic oxidation sites excluding steroid dienone is 2. The summed E-state index contributed by atoms with van der Waals surface area (Å²) in [6.07, 6.45) is 5.76. The van der Waals surface area contributed by atoms with Crippen LogP contribution >= 0.6 is 0 Å². The van der Waals surface area contributed by atoms with Gasteiger partial charge in [0.05, 0.1) is 0 Å². The fraction of sp³-hybridized carbons (Fsp3) is 0.600. The molecule has 1 rings (SSSR count). The van der Waals surface area contributed by atoms with Crippen molar-refractivity contribution in [2.45, 2.75) is 39.0 Å². The highest BCUT2D eigenvalue weighted by Gasteiger charge is 2.11. The molecule has 1 aliphatic carbocycles. The fourth-order valence-electron chi connectivity index (χ4n) is 1.59. The molecule has 0 fully saturated rings. The predicted molar refractivity (Wildman–Crippen MR) is 50.0 cm³/mol. The first-order valence-corrected chi connectivity index (χ1v) is 4.69. The van der Waals surface area contributed by atoms with Gasteiger partial charge in [-0.2, -0.15) is 0 Å². The Morgan fingerprint density at radius 3 is 2.62 bits per heavy atom. The molecule has 1 aliphatic rings. The van der Waals surface area contributed by atoms with Crippen LogP contribution in [-0.4, -0.2) is 12.2 Å². The molecule has 0 bridgehead atoms. The Morgan fingerprint density at radius 2 is 2.00 bits per heavy atom. The Labute approximate surface area is 78.2 Å². The lowest BCUT2D eigenvalue weighted by Crippen LogP contribution is -2.20. The smallest absolute Gasteiger partial charge is 0.221 e. The van der Waals surface area contributed by atoms with Crippen LogP contribution in [0.1, 0.15) is 39.0 Å². The normalized spacial score (nSPS) is 17.9. The second-order valence-corrected chi connectivity index (χ2v) is 3.36. The second kappa shape index (κ2) is 4.80. The molecule has 1 N–H and O–H groups in total. The summed E-state index contributed by atoms with van der Waals surface area (Å²) < 4.78 is 0. The van der Waals surface area contributed by atoms with Gasteiger partial charge in [0, 0.05) is 18.2 Å². The lowest BCUT2D eigenvalue weighted by molar-refractivity contribution is -0.118. The van der Waals surface area contributed by atoms with E-state index in [-0.39, 0.29) is 5.91 Å². The first-order chi connectivity index (χ1) is 6.24. The van der Waals surface area contributed by atoms with Gasteiger partial charge >= 0.3 is 0 Å². The Balaban J connectivity index is 2.75. The molecule has 0 saturated carbocycles. The highest BCUT2D eigenvalue weighted by atomic mass is 16.1. The van der Waals surface area contributed by atoms with Crippen LogP contribution in [0, 0.1) is 0 Å².